The van der Waals surface area contributed by atoms with Gasteiger partial charge in [0.25, 0.3) is 0 Å². The normalized spacial score (nSPS) is 22.1. The van der Waals surface area contributed by atoms with E-state index in [1.807, 2.05) is 32.1 Å². The highest BCUT2D eigenvalue weighted by Gasteiger charge is 2.27. The van der Waals surface area contributed by atoms with Crippen molar-refractivity contribution in [1.82, 2.24) is 0 Å². The first-order valence-corrected chi connectivity index (χ1v) is 12.6. The Labute approximate surface area is 206 Å². The van der Waals surface area contributed by atoms with E-state index >= 15 is 0 Å². The molecule has 0 bridgehead atoms. The van der Waals surface area contributed by atoms with E-state index in [0.717, 1.165) is 60.4 Å². The van der Waals surface area contributed by atoms with Crippen molar-refractivity contribution in [3.05, 3.63) is 94.7 Å². The van der Waals surface area contributed by atoms with Gasteiger partial charge in [0.15, 0.2) is 0 Å². The lowest BCUT2D eigenvalue weighted by atomic mass is 9.79. The largest absolute Gasteiger partial charge is 0.386 e. The summed E-state index contributed by atoms with van der Waals surface area (Å²) in [5.41, 5.74) is 3.88. The Bertz CT molecular complexity index is 913. The minimum Gasteiger partial charge on any atom is -0.386 e. The van der Waals surface area contributed by atoms with E-state index in [1.54, 1.807) is 0 Å². The summed E-state index contributed by atoms with van der Waals surface area (Å²) in [5, 5.41) is 11.2. The van der Waals surface area contributed by atoms with E-state index in [0.29, 0.717) is 12.5 Å². The highest BCUT2D eigenvalue weighted by molar-refractivity contribution is 6.34. The molecule has 0 aliphatic heterocycles. The quantitative estimate of drug-likeness (QED) is 0.241. The van der Waals surface area contributed by atoms with Gasteiger partial charge in [-0.3, -0.25) is 4.99 Å². The fourth-order valence-electron chi connectivity index (χ4n) is 4.26. The Hall–Kier alpha value is -2.16. The first-order chi connectivity index (χ1) is 15.8. The first-order valence-electron chi connectivity index (χ1n) is 12.2. The average Bonchev–Trinajstić information content (AvgIpc) is 2.77. The van der Waals surface area contributed by atoms with Crippen molar-refractivity contribution in [1.29, 1.82) is 0 Å². The van der Waals surface area contributed by atoms with Crippen molar-refractivity contribution in [3.8, 4) is 0 Å². The van der Waals surface area contributed by atoms with Crippen molar-refractivity contribution >= 4 is 17.3 Å². The van der Waals surface area contributed by atoms with Gasteiger partial charge in [0, 0.05) is 5.03 Å². The van der Waals surface area contributed by atoms with Crippen LogP contribution in [-0.2, 0) is 0 Å². The van der Waals surface area contributed by atoms with E-state index in [9.17, 15) is 5.11 Å². The molecule has 1 unspecified atom stereocenters. The van der Waals surface area contributed by atoms with E-state index < -0.39 is 5.60 Å². The molecule has 2 aliphatic rings. The van der Waals surface area contributed by atoms with Crippen LogP contribution in [0, 0.1) is 5.92 Å². The number of allylic oxidation sites excluding steroid dienone is 14. The smallest absolute Gasteiger partial charge is 0.0806 e. The highest BCUT2D eigenvalue weighted by atomic mass is 35.5. The molecule has 0 aromatic heterocycles. The van der Waals surface area contributed by atoms with Crippen LogP contribution in [0.4, 0.5) is 0 Å². The molecular formula is C30H40ClNO. The van der Waals surface area contributed by atoms with Gasteiger partial charge in [-0.15, -0.1) is 0 Å². The Kier molecular flexibility index (Phi) is 11.6. The lowest BCUT2D eigenvalue weighted by Crippen LogP contribution is -2.28. The van der Waals surface area contributed by atoms with Crippen LogP contribution in [0.2, 0.25) is 0 Å². The molecule has 0 saturated heterocycles. The number of aliphatic hydroxyl groups is 1. The molecule has 2 rings (SSSR count). The fourth-order valence-corrected chi connectivity index (χ4v) is 4.43. The zero-order chi connectivity index (χ0) is 24.1. The maximum atomic E-state index is 10.5. The second-order valence-corrected chi connectivity index (χ2v) is 9.51. The van der Waals surface area contributed by atoms with Gasteiger partial charge in [-0.05, 0) is 88.5 Å². The Morgan fingerprint density at radius 1 is 1.27 bits per heavy atom. The molecule has 0 saturated carbocycles. The summed E-state index contributed by atoms with van der Waals surface area (Å²) < 4.78 is 0. The number of hydrogen-bond donors (Lipinski definition) is 1. The van der Waals surface area contributed by atoms with Crippen molar-refractivity contribution < 1.29 is 5.11 Å². The van der Waals surface area contributed by atoms with Crippen LogP contribution in [0.5, 0.6) is 0 Å². The van der Waals surface area contributed by atoms with E-state index in [2.05, 4.69) is 68.5 Å². The summed E-state index contributed by atoms with van der Waals surface area (Å²) in [6.45, 7) is 8.63. The Balaban J connectivity index is 1.85. The molecule has 0 heterocycles. The molecule has 2 aliphatic carbocycles. The topological polar surface area (TPSA) is 32.6 Å². The lowest BCUT2D eigenvalue weighted by molar-refractivity contribution is 0.105. The van der Waals surface area contributed by atoms with Gasteiger partial charge in [-0.25, -0.2) is 0 Å². The van der Waals surface area contributed by atoms with Crippen LogP contribution in [0.1, 0.15) is 66.2 Å². The van der Waals surface area contributed by atoms with Gasteiger partial charge in [-0.2, -0.15) is 0 Å². The standard InChI is InChI=1S/C30H40ClNO/c1-5-13-24(16-12-18-25-17-9-10-19-28(25)30(3,4)33)15-8-7-11-22-32-29-23-27(31)21-20-26(29)14-6-2/h5,7,9-11,13-15,19-21,23,25,33H,6,8,12,16-18,22H2,1-4H3/b11-7+,13-5-,24-15+,26-14-,32-29?. The molecule has 0 aromatic carbocycles. The highest BCUT2D eigenvalue weighted by Crippen LogP contribution is 2.33. The van der Waals surface area contributed by atoms with Crippen LogP contribution in [0.3, 0.4) is 0 Å². The van der Waals surface area contributed by atoms with Crippen LogP contribution in [0.25, 0.3) is 0 Å². The SMILES string of the molecule is C/C=C\C(=C/C/C=C/CN=C1C=C(Cl)C=C/C1=C/CC)CCCC1CC=CC=C1C(C)(C)O. The van der Waals surface area contributed by atoms with Crippen LogP contribution >= 0.6 is 11.6 Å². The van der Waals surface area contributed by atoms with Gasteiger partial charge in [0.1, 0.15) is 0 Å². The number of hydrogen-bond acceptors (Lipinski definition) is 2. The van der Waals surface area contributed by atoms with Gasteiger partial charge in [0.2, 0.25) is 0 Å². The van der Waals surface area contributed by atoms with Crippen LogP contribution < -0.4 is 0 Å². The summed E-state index contributed by atoms with van der Waals surface area (Å²) in [6.07, 6.45) is 31.5. The number of halogens is 1. The van der Waals surface area contributed by atoms with E-state index in [1.165, 1.54) is 5.57 Å². The molecule has 178 valence electrons. The van der Waals surface area contributed by atoms with Gasteiger partial charge in [0.05, 0.1) is 17.9 Å². The third kappa shape index (κ3) is 9.70. The molecule has 1 N–H and O–H groups in total. The molecule has 3 heteroatoms. The third-order valence-electron chi connectivity index (χ3n) is 5.84. The van der Waals surface area contributed by atoms with Crippen LogP contribution in [0.15, 0.2) is 99.7 Å². The lowest BCUT2D eigenvalue weighted by Gasteiger charge is -2.30. The number of rotatable bonds is 11. The Morgan fingerprint density at radius 3 is 2.82 bits per heavy atom. The summed E-state index contributed by atoms with van der Waals surface area (Å²) >= 11 is 6.14. The van der Waals surface area contributed by atoms with Crippen molar-refractivity contribution in [2.45, 2.75) is 71.8 Å². The summed E-state index contributed by atoms with van der Waals surface area (Å²) in [7, 11) is 0. The molecule has 0 amide bonds. The molecule has 2 nitrogen and oxygen atoms in total. The molecule has 33 heavy (non-hydrogen) atoms. The zero-order valence-corrected chi connectivity index (χ0v) is 21.5. The average molecular weight is 466 g/mol. The van der Waals surface area contributed by atoms with Crippen molar-refractivity contribution in [2.24, 2.45) is 10.9 Å². The zero-order valence-electron chi connectivity index (χ0n) is 20.7. The monoisotopic (exact) mass is 465 g/mol. The molecule has 0 spiro atoms. The minimum absolute atomic E-state index is 0.435. The Morgan fingerprint density at radius 2 is 2.09 bits per heavy atom. The second-order valence-electron chi connectivity index (χ2n) is 9.08. The number of aliphatic imine (C=N–C) groups is 1. The fraction of sp³-hybridized carbons (Fsp3) is 0.433. The van der Waals surface area contributed by atoms with E-state index in [-0.39, 0.29) is 0 Å². The van der Waals surface area contributed by atoms with Crippen molar-refractivity contribution in [2.75, 3.05) is 6.54 Å². The maximum Gasteiger partial charge on any atom is 0.0806 e. The van der Waals surface area contributed by atoms with Gasteiger partial charge >= 0.3 is 0 Å². The summed E-state index contributed by atoms with van der Waals surface area (Å²) in [4.78, 5) is 4.70. The predicted molar refractivity (Wildman–Crippen MR) is 146 cm³/mol. The van der Waals surface area contributed by atoms with Gasteiger partial charge in [-0.1, -0.05) is 84.9 Å². The van der Waals surface area contributed by atoms with Crippen molar-refractivity contribution in [3.63, 3.8) is 0 Å². The maximum absolute atomic E-state index is 10.5. The van der Waals surface area contributed by atoms with Crippen LogP contribution in [-0.4, -0.2) is 23.0 Å². The van der Waals surface area contributed by atoms with E-state index in [4.69, 9.17) is 16.6 Å². The molecule has 1 atom stereocenters. The molecule has 0 fully saturated rings. The summed E-state index contributed by atoms with van der Waals surface area (Å²) in [6, 6.07) is 0. The predicted octanol–water partition coefficient (Wildman–Crippen LogP) is 8.35. The summed E-state index contributed by atoms with van der Waals surface area (Å²) in [5.74, 6) is 0.435. The second kappa shape index (κ2) is 14.2. The molecule has 0 radical (unpaired) electrons. The van der Waals surface area contributed by atoms with Gasteiger partial charge < -0.3 is 5.11 Å². The molecule has 0 aromatic rings. The first kappa shape index (κ1) is 27.1. The number of nitrogens with zero attached hydrogens (tertiary/aromatic N) is 1. The molecular weight excluding hydrogens is 426 g/mol. The third-order valence-corrected chi connectivity index (χ3v) is 6.08. The minimum atomic E-state index is -0.742.